The smallest absolute Gasteiger partial charge is 0.243 e. The van der Waals surface area contributed by atoms with Gasteiger partial charge in [-0.05, 0) is 54.6 Å². The van der Waals surface area contributed by atoms with Crippen LogP contribution < -0.4 is 5.32 Å². The average Bonchev–Trinajstić information content (AvgIpc) is 3.04. The van der Waals surface area contributed by atoms with Crippen molar-refractivity contribution in [3.05, 3.63) is 23.9 Å². The molecule has 2 fully saturated rings. The highest BCUT2D eigenvalue weighted by atomic mass is 15.4. The second kappa shape index (κ2) is 3.99. The van der Waals surface area contributed by atoms with Crippen molar-refractivity contribution in [2.45, 2.75) is 53.0 Å². The highest BCUT2D eigenvalue weighted by Crippen LogP contribution is 2.62. The summed E-state index contributed by atoms with van der Waals surface area (Å²) < 4.78 is 1.88. The van der Waals surface area contributed by atoms with E-state index in [0.717, 1.165) is 23.1 Å². The minimum Gasteiger partial charge on any atom is -0.349 e. The molecule has 0 aliphatic heterocycles. The number of fused-ring (bicyclic) bond motifs is 3. The molecule has 0 aromatic carbocycles. The van der Waals surface area contributed by atoms with Crippen LogP contribution in [0.4, 0.5) is 5.95 Å². The molecule has 0 radical (unpaired) electrons. The molecule has 21 heavy (non-hydrogen) atoms. The molecule has 2 aromatic rings. The van der Waals surface area contributed by atoms with Crippen molar-refractivity contribution in [3.63, 3.8) is 0 Å². The van der Waals surface area contributed by atoms with Crippen LogP contribution >= 0.6 is 0 Å². The van der Waals surface area contributed by atoms with Gasteiger partial charge >= 0.3 is 0 Å². The first kappa shape index (κ1) is 13.1. The standard InChI is InChI=1S/C17H24N4/c1-11-6-5-9-21-13(11)18-15(20-21)19-14-16(2,3)12-7-8-17(14,4)10-12/h5-6,9,12,14H,7-8,10H2,1-4H3,(H,19,20). The lowest BCUT2D eigenvalue weighted by Gasteiger charge is -2.42. The van der Waals surface area contributed by atoms with Gasteiger partial charge in [0.2, 0.25) is 5.95 Å². The lowest BCUT2D eigenvalue weighted by atomic mass is 9.68. The Morgan fingerprint density at radius 2 is 2.14 bits per heavy atom. The summed E-state index contributed by atoms with van der Waals surface area (Å²) in [5.74, 6) is 1.61. The van der Waals surface area contributed by atoms with Gasteiger partial charge in [0.1, 0.15) is 0 Å². The Balaban J connectivity index is 1.70. The van der Waals surface area contributed by atoms with Gasteiger partial charge in [0, 0.05) is 12.2 Å². The maximum absolute atomic E-state index is 4.70. The van der Waals surface area contributed by atoms with Gasteiger partial charge in [-0.1, -0.05) is 26.8 Å². The number of pyridine rings is 1. The molecule has 4 heteroatoms. The zero-order valence-corrected chi connectivity index (χ0v) is 13.3. The first-order valence-electron chi connectivity index (χ1n) is 7.99. The SMILES string of the molecule is Cc1cccn2nc(NC3C4(C)CCC(C4)C3(C)C)nc12. The van der Waals surface area contributed by atoms with E-state index >= 15 is 0 Å². The molecular weight excluding hydrogens is 260 g/mol. The van der Waals surface area contributed by atoms with Crippen LogP contribution in [0.3, 0.4) is 0 Å². The van der Waals surface area contributed by atoms with Crippen molar-refractivity contribution >= 4 is 11.6 Å². The third-order valence-corrected chi connectivity index (χ3v) is 6.10. The predicted molar refractivity (Wildman–Crippen MR) is 84.4 cm³/mol. The molecule has 4 nitrogen and oxygen atoms in total. The second-order valence-corrected chi connectivity index (χ2v) is 7.89. The Hall–Kier alpha value is -1.58. The van der Waals surface area contributed by atoms with Crippen LogP contribution in [0.25, 0.3) is 5.65 Å². The Labute approximate surface area is 126 Å². The quantitative estimate of drug-likeness (QED) is 0.915. The molecule has 3 atom stereocenters. The fraction of sp³-hybridized carbons (Fsp3) is 0.647. The normalized spacial score (nSPS) is 33.7. The molecule has 4 rings (SSSR count). The van der Waals surface area contributed by atoms with E-state index in [1.54, 1.807) is 0 Å². The molecule has 2 heterocycles. The second-order valence-electron chi connectivity index (χ2n) is 7.89. The summed E-state index contributed by atoms with van der Waals surface area (Å²) >= 11 is 0. The molecule has 3 unspecified atom stereocenters. The van der Waals surface area contributed by atoms with Crippen molar-refractivity contribution in [3.8, 4) is 0 Å². The number of aryl methyl sites for hydroxylation is 1. The summed E-state index contributed by atoms with van der Waals surface area (Å²) in [7, 11) is 0. The maximum atomic E-state index is 4.70. The molecule has 0 amide bonds. The monoisotopic (exact) mass is 284 g/mol. The Bertz CT molecular complexity index is 697. The molecule has 2 aromatic heterocycles. The minimum atomic E-state index is 0.319. The van der Waals surface area contributed by atoms with E-state index in [2.05, 4.69) is 44.2 Å². The van der Waals surface area contributed by atoms with Crippen LogP contribution in [0, 0.1) is 23.7 Å². The largest absolute Gasteiger partial charge is 0.349 e. The molecular formula is C17H24N4. The van der Waals surface area contributed by atoms with Crippen LogP contribution in [-0.4, -0.2) is 20.6 Å². The van der Waals surface area contributed by atoms with Crippen LogP contribution in [0.15, 0.2) is 18.3 Å². The van der Waals surface area contributed by atoms with Gasteiger partial charge in [-0.2, -0.15) is 4.98 Å². The lowest BCUT2D eigenvalue weighted by molar-refractivity contribution is 0.155. The molecule has 1 N–H and O–H groups in total. The van der Waals surface area contributed by atoms with E-state index in [0.29, 0.717) is 16.9 Å². The molecule has 2 aliphatic carbocycles. The zero-order chi connectivity index (χ0) is 14.8. The average molecular weight is 284 g/mol. The van der Waals surface area contributed by atoms with E-state index in [1.165, 1.54) is 19.3 Å². The van der Waals surface area contributed by atoms with E-state index < -0.39 is 0 Å². The van der Waals surface area contributed by atoms with Crippen LogP contribution in [0.1, 0.15) is 45.6 Å². The van der Waals surface area contributed by atoms with Crippen molar-refractivity contribution in [1.29, 1.82) is 0 Å². The van der Waals surface area contributed by atoms with Crippen LogP contribution in [0.2, 0.25) is 0 Å². The van der Waals surface area contributed by atoms with Gasteiger partial charge in [0.25, 0.3) is 0 Å². The fourth-order valence-electron chi connectivity index (χ4n) is 4.89. The fourth-order valence-corrected chi connectivity index (χ4v) is 4.89. The topological polar surface area (TPSA) is 42.2 Å². The van der Waals surface area contributed by atoms with Crippen molar-refractivity contribution in [2.24, 2.45) is 16.7 Å². The minimum absolute atomic E-state index is 0.319. The predicted octanol–water partition coefficient (Wildman–Crippen LogP) is 3.66. The Morgan fingerprint density at radius 1 is 1.33 bits per heavy atom. The highest BCUT2D eigenvalue weighted by molar-refractivity contribution is 5.50. The van der Waals surface area contributed by atoms with Crippen LogP contribution in [0.5, 0.6) is 0 Å². The number of hydrogen-bond donors (Lipinski definition) is 1. The van der Waals surface area contributed by atoms with Crippen molar-refractivity contribution < 1.29 is 0 Å². The van der Waals surface area contributed by atoms with Gasteiger partial charge in [-0.15, -0.1) is 5.10 Å². The van der Waals surface area contributed by atoms with Gasteiger partial charge < -0.3 is 5.32 Å². The van der Waals surface area contributed by atoms with Gasteiger partial charge in [0.05, 0.1) is 0 Å². The summed E-state index contributed by atoms with van der Waals surface area (Å²) in [5.41, 5.74) is 2.82. The number of hydrogen-bond acceptors (Lipinski definition) is 3. The van der Waals surface area contributed by atoms with Crippen molar-refractivity contribution in [1.82, 2.24) is 14.6 Å². The molecule has 2 bridgehead atoms. The zero-order valence-electron chi connectivity index (χ0n) is 13.3. The number of rotatable bonds is 2. The highest BCUT2D eigenvalue weighted by Gasteiger charge is 2.59. The maximum Gasteiger partial charge on any atom is 0.243 e. The Kier molecular flexibility index (Phi) is 2.49. The molecule has 112 valence electrons. The first-order valence-corrected chi connectivity index (χ1v) is 7.99. The summed E-state index contributed by atoms with van der Waals surface area (Å²) in [6, 6.07) is 4.56. The number of nitrogens with zero attached hydrogens (tertiary/aromatic N) is 3. The van der Waals surface area contributed by atoms with Crippen LogP contribution in [-0.2, 0) is 0 Å². The third-order valence-electron chi connectivity index (χ3n) is 6.10. The molecule has 0 spiro atoms. The Morgan fingerprint density at radius 3 is 2.81 bits per heavy atom. The third kappa shape index (κ3) is 1.74. The summed E-state index contributed by atoms with van der Waals surface area (Å²) in [5, 5.41) is 8.29. The number of anilines is 1. The van der Waals surface area contributed by atoms with E-state index in [1.807, 2.05) is 16.8 Å². The first-order chi connectivity index (χ1) is 9.90. The van der Waals surface area contributed by atoms with E-state index in [-0.39, 0.29) is 0 Å². The molecule has 2 aliphatic rings. The summed E-state index contributed by atoms with van der Waals surface area (Å²) in [4.78, 5) is 4.70. The molecule has 2 saturated carbocycles. The van der Waals surface area contributed by atoms with E-state index in [9.17, 15) is 0 Å². The summed E-state index contributed by atoms with van der Waals surface area (Å²) in [6.07, 6.45) is 6.00. The lowest BCUT2D eigenvalue weighted by Crippen LogP contribution is -2.46. The van der Waals surface area contributed by atoms with Gasteiger partial charge in [-0.25, -0.2) is 4.52 Å². The number of aromatic nitrogens is 3. The van der Waals surface area contributed by atoms with E-state index in [4.69, 9.17) is 4.98 Å². The van der Waals surface area contributed by atoms with Gasteiger partial charge in [0.15, 0.2) is 5.65 Å². The number of nitrogens with one attached hydrogen (secondary N) is 1. The van der Waals surface area contributed by atoms with Gasteiger partial charge in [-0.3, -0.25) is 0 Å². The molecule has 0 saturated heterocycles. The van der Waals surface area contributed by atoms with Crippen molar-refractivity contribution in [2.75, 3.05) is 5.32 Å². The summed E-state index contributed by atoms with van der Waals surface area (Å²) in [6.45, 7) is 9.32.